The van der Waals surface area contributed by atoms with E-state index in [1.54, 1.807) is 6.20 Å². The van der Waals surface area contributed by atoms with Gasteiger partial charge in [0.05, 0.1) is 6.10 Å². The van der Waals surface area contributed by atoms with Crippen LogP contribution in [-0.2, 0) is 0 Å². The van der Waals surface area contributed by atoms with Gasteiger partial charge in [-0.2, -0.15) is 0 Å². The van der Waals surface area contributed by atoms with E-state index < -0.39 is 0 Å². The maximum absolute atomic E-state index is 9.52. The van der Waals surface area contributed by atoms with Crippen LogP contribution < -0.4 is 0 Å². The molecular formula is C9H11NO. The lowest BCUT2D eigenvalue weighted by atomic mass is 10.1. The van der Waals surface area contributed by atoms with Crippen LogP contribution >= 0.6 is 0 Å². The van der Waals surface area contributed by atoms with Crippen molar-refractivity contribution in [3.8, 4) is 0 Å². The van der Waals surface area contributed by atoms with E-state index in [4.69, 9.17) is 0 Å². The number of fused-ring (bicyclic) bond motifs is 1. The Kier molecular flexibility index (Phi) is 1.43. The highest BCUT2D eigenvalue weighted by Gasteiger charge is 2.25. The molecule has 2 rings (SSSR count). The summed E-state index contributed by atoms with van der Waals surface area (Å²) in [6, 6.07) is 1.91. The number of hydrogen-bond donors (Lipinski definition) is 1. The molecular weight excluding hydrogens is 138 g/mol. The van der Waals surface area contributed by atoms with Crippen molar-refractivity contribution in [2.45, 2.75) is 25.4 Å². The fourth-order valence-electron chi connectivity index (χ4n) is 1.72. The molecule has 0 spiro atoms. The molecule has 0 fully saturated rings. The zero-order valence-corrected chi connectivity index (χ0v) is 6.49. The number of rotatable bonds is 0. The molecule has 0 aromatic carbocycles. The SMILES string of the molecule is C[C@@H]1C[C@H](O)c2ccncc21. The average molecular weight is 149 g/mol. The van der Waals surface area contributed by atoms with Crippen LogP contribution in [-0.4, -0.2) is 10.1 Å². The van der Waals surface area contributed by atoms with Gasteiger partial charge in [0, 0.05) is 12.4 Å². The monoisotopic (exact) mass is 149 g/mol. The number of hydrogen-bond acceptors (Lipinski definition) is 2. The van der Waals surface area contributed by atoms with Gasteiger partial charge in [-0.15, -0.1) is 0 Å². The summed E-state index contributed by atoms with van der Waals surface area (Å²) in [4.78, 5) is 4.03. The van der Waals surface area contributed by atoms with Crippen molar-refractivity contribution in [1.29, 1.82) is 0 Å². The number of aliphatic hydroxyl groups is 1. The van der Waals surface area contributed by atoms with E-state index in [1.807, 2.05) is 12.3 Å². The van der Waals surface area contributed by atoms with Crippen molar-refractivity contribution in [1.82, 2.24) is 4.98 Å². The number of nitrogens with zero attached hydrogens (tertiary/aromatic N) is 1. The van der Waals surface area contributed by atoms with Gasteiger partial charge < -0.3 is 5.11 Å². The molecule has 1 aliphatic rings. The van der Waals surface area contributed by atoms with E-state index in [2.05, 4.69) is 11.9 Å². The Labute approximate surface area is 65.9 Å². The molecule has 2 nitrogen and oxygen atoms in total. The molecule has 0 saturated carbocycles. The summed E-state index contributed by atoms with van der Waals surface area (Å²) in [5.74, 6) is 0.466. The smallest absolute Gasteiger partial charge is 0.0799 e. The highest BCUT2D eigenvalue weighted by atomic mass is 16.3. The van der Waals surface area contributed by atoms with Crippen molar-refractivity contribution in [3.05, 3.63) is 29.6 Å². The molecule has 0 bridgehead atoms. The Hall–Kier alpha value is -0.890. The third kappa shape index (κ3) is 0.942. The second-order valence-corrected chi connectivity index (χ2v) is 3.16. The van der Waals surface area contributed by atoms with Gasteiger partial charge in [-0.1, -0.05) is 6.92 Å². The predicted octanol–water partition coefficient (Wildman–Crippen LogP) is 1.62. The van der Waals surface area contributed by atoms with Gasteiger partial charge in [-0.05, 0) is 29.5 Å². The van der Waals surface area contributed by atoms with Crippen molar-refractivity contribution in [2.75, 3.05) is 0 Å². The van der Waals surface area contributed by atoms with Gasteiger partial charge in [-0.3, -0.25) is 4.98 Å². The minimum Gasteiger partial charge on any atom is -0.388 e. The Morgan fingerprint density at radius 2 is 2.36 bits per heavy atom. The largest absolute Gasteiger partial charge is 0.388 e. The van der Waals surface area contributed by atoms with Crippen LogP contribution in [0.15, 0.2) is 18.5 Å². The Balaban J connectivity index is 2.52. The Morgan fingerprint density at radius 3 is 3.09 bits per heavy atom. The highest BCUT2D eigenvalue weighted by Crippen LogP contribution is 2.38. The fraction of sp³-hybridized carbons (Fsp3) is 0.444. The van der Waals surface area contributed by atoms with Crippen LogP contribution in [0.2, 0.25) is 0 Å². The van der Waals surface area contributed by atoms with Crippen molar-refractivity contribution < 1.29 is 5.11 Å². The molecule has 0 radical (unpaired) electrons. The first-order chi connectivity index (χ1) is 5.29. The number of aromatic nitrogens is 1. The zero-order valence-electron chi connectivity index (χ0n) is 6.49. The normalized spacial score (nSPS) is 28.5. The summed E-state index contributed by atoms with van der Waals surface area (Å²) in [6.07, 6.45) is 4.18. The molecule has 1 aromatic heterocycles. The molecule has 2 atom stereocenters. The molecule has 11 heavy (non-hydrogen) atoms. The van der Waals surface area contributed by atoms with Crippen LogP contribution in [0.3, 0.4) is 0 Å². The quantitative estimate of drug-likeness (QED) is 0.608. The molecule has 0 amide bonds. The van der Waals surface area contributed by atoms with Gasteiger partial charge in [0.1, 0.15) is 0 Å². The molecule has 1 aliphatic carbocycles. The second kappa shape index (κ2) is 2.31. The summed E-state index contributed by atoms with van der Waals surface area (Å²) in [7, 11) is 0. The van der Waals surface area contributed by atoms with Crippen molar-refractivity contribution in [3.63, 3.8) is 0 Å². The molecule has 0 aliphatic heterocycles. The lowest BCUT2D eigenvalue weighted by Crippen LogP contribution is -1.89. The van der Waals surface area contributed by atoms with E-state index in [-0.39, 0.29) is 6.10 Å². The van der Waals surface area contributed by atoms with Crippen molar-refractivity contribution in [2.24, 2.45) is 0 Å². The summed E-state index contributed by atoms with van der Waals surface area (Å²) in [6.45, 7) is 2.12. The lowest BCUT2D eigenvalue weighted by Gasteiger charge is -2.00. The molecule has 1 aromatic rings. The highest BCUT2D eigenvalue weighted by molar-refractivity contribution is 5.33. The maximum Gasteiger partial charge on any atom is 0.0799 e. The number of aliphatic hydroxyl groups excluding tert-OH is 1. The maximum atomic E-state index is 9.52. The minimum absolute atomic E-state index is 0.261. The zero-order chi connectivity index (χ0) is 7.84. The first kappa shape index (κ1) is 6.80. The topological polar surface area (TPSA) is 33.1 Å². The van der Waals surface area contributed by atoms with Gasteiger partial charge in [0.15, 0.2) is 0 Å². The van der Waals surface area contributed by atoms with Gasteiger partial charge in [-0.25, -0.2) is 0 Å². The fourth-order valence-corrected chi connectivity index (χ4v) is 1.72. The number of pyridine rings is 1. The first-order valence-electron chi connectivity index (χ1n) is 3.91. The van der Waals surface area contributed by atoms with Crippen LogP contribution in [0.1, 0.15) is 36.5 Å². The molecule has 1 heterocycles. The summed E-state index contributed by atoms with van der Waals surface area (Å²) in [5, 5.41) is 9.52. The molecule has 58 valence electrons. The van der Waals surface area contributed by atoms with E-state index in [0.717, 1.165) is 12.0 Å². The Bertz CT molecular complexity index is 245. The van der Waals surface area contributed by atoms with Gasteiger partial charge in [0.25, 0.3) is 0 Å². The van der Waals surface area contributed by atoms with E-state index >= 15 is 0 Å². The van der Waals surface area contributed by atoms with Crippen molar-refractivity contribution >= 4 is 0 Å². The standard InChI is InChI=1S/C9H11NO/c1-6-4-9(11)7-2-3-10-5-8(6)7/h2-3,5-6,9,11H,4H2,1H3/t6-,9+/m1/s1. The summed E-state index contributed by atoms with van der Waals surface area (Å²) >= 11 is 0. The molecule has 0 unspecified atom stereocenters. The summed E-state index contributed by atoms with van der Waals surface area (Å²) in [5.41, 5.74) is 2.27. The van der Waals surface area contributed by atoms with Gasteiger partial charge >= 0.3 is 0 Å². The van der Waals surface area contributed by atoms with E-state index in [9.17, 15) is 5.11 Å². The second-order valence-electron chi connectivity index (χ2n) is 3.16. The van der Waals surface area contributed by atoms with E-state index in [1.165, 1.54) is 5.56 Å². The first-order valence-corrected chi connectivity index (χ1v) is 3.91. The van der Waals surface area contributed by atoms with Crippen LogP contribution in [0.5, 0.6) is 0 Å². The molecule has 1 N–H and O–H groups in total. The van der Waals surface area contributed by atoms with Crippen LogP contribution in [0, 0.1) is 0 Å². The van der Waals surface area contributed by atoms with E-state index in [0.29, 0.717) is 5.92 Å². The third-order valence-electron chi connectivity index (χ3n) is 2.35. The van der Waals surface area contributed by atoms with Crippen LogP contribution in [0.4, 0.5) is 0 Å². The van der Waals surface area contributed by atoms with Gasteiger partial charge in [0.2, 0.25) is 0 Å². The van der Waals surface area contributed by atoms with Crippen LogP contribution in [0.25, 0.3) is 0 Å². The third-order valence-corrected chi connectivity index (χ3v) is 2.35. The Morgan fingerprint density at radius 1 is 1.55 bits per heavy atom. The average Bonchev–Trinajstić information content (AvgIpc) is 2.30. The molecule has 0 saturated heterocycles. The summed E-state index contributed by atoms with van der Waals surface area (Å²) < 4.78 is 0. The predicted molar refractivity (Wildman–Crippen MR) is 42.2 cm³/mol. The molecule has 2 heteroatoms. The lowest BCUT2D eigenvalue weighted by molar-refractivity contribution is 0.174. The minimum atomic E-state index is -0.261.